The molecule has 16 heteroatoms. The first kappa shape index (κ1) is 27.9. The third kappa shape index (κ3) is 5.52. The van der Waals surface area contributed by atoms with Crippen LogP contribution in [-0.4, -0.2) is 168 Å². The van der Waals surface area contributed by atoms with E-state index in [1.54, 1.807) is 0 Å². The van der Waals surface area contributed by atoms with E-state index in [9.17, 15) is 56.2 Å². The minimum atomic E-state index is -1.87. The second kappa shape index (κ2) is 11.6. The van der Waals surface area contributed by atoms with Crippen LogP contribution in [0.1, 0.15) is 0 Å². The average Bonchev–Trinajstić information content (AvgIpc) is 2.82. The van der Waals surface area contributed by atoms with Gasteiger partial charge in [-0.05, 0) is 0 Å². The zero-order chi connectivity index (χ0) is 25.3. The van der Waals surface area contributed by atoms with Crippen LogP contribution in [0.15, 0.2) is 0 Å². The fourth-order valence-electron chi connectivity index (χ4n) is 3.95. The molecule has 0 saturated carbocycles. The van der Waals surface area contributed by atoms with Gasteiger partial charge in [-0.3, -0.25) is 0 Å². The zero-order valence-electron chi connectivity index (χ0n) is 17.7. The summed E-state index contributed by atoms with van der Waals surface area (Å²) < 4.78 is 26.3. The smallest absolute Gasteiger partial charge is 0.187 e. The van der Waals surface area contributed by atoms with E-state index in [-0.39, 0.29) is 0 Å². The molecule has 0 aromatic carbocycles. The summed E-state index contributed by atoms with van der Waals surface area (Å²) in [6.07, 6.45) is -24.9. The number of aliphatic hydroxyl groups is 11. The van der Waals surface area contributed by atoms with Gasteiger partial charge in [-0.25, -0.2) is 0 Å². The van der Waals surface area contributed by atoms with Crippen LogP contribution in [0.3, 0.4) is 0 Å². The molecule has 0 aromatic rings. The molecule has 0 aliphatic carbocycles. The van der Waals surface area contributed by atoms with Crippen LogP contribution in [0.5, 0.6) is 0 Å². The lowest BCUT2D eigenvalue weighted by Gasteiger charge is -2.45. The summed E-state index contributed by atoms with van der Waals surface area (Å²) in [4.78, 5) is 0. The van der Waals surface area contributed by atoms with Gasteiger partial charge in [0.25, 0.3) is 0 Å². The van der Waals surface area contributed by atoms with E-state index in [1.165, 1.54) is 0 Å². The first-order valence-corrected chi connectivity index (χ1v) is 10.6. The predicted molar refractivity (Wildman–Crippen MR) is 101 cm³/mol. The van der Waals surface area contributed by atoms with E-state index in [4.69, 9.17) is 23.7 Å². The fourth-order valence-corrected chi connectivity index (χ4v) is 3.95. The molecule has 15 atom stereocenters. The molecule has 3 aliphatic heterocycles. The minimum Gasteiger partial charge on any atom is -0.394 e. The van der Waals surface area contributed by atoms with Crippen LogP contribution < -0.4 is 0 Å². The van der Waals surface area contributed by atoms with Crippen LogP contribution in [0.25, 0.3) is 0 Å². The molecule has 0 aromatic heterocycles. The molecule has 3 aliphatic rings. The summed E-state index contributed by atoms with van der Waals surface area (Å²) in [7, 11) is 0. The molecule has 34 heavy (non-hydrogen) atoms. The van der Waals surface area contributed by atoms with Crippen molar-refractivity contribution in [2.45, 2.75) is 92.1 Å². The number of hydrogen-bond donors (Lipinski definition) is 11. The monoisotopic (exact) mass is 504 g/mol. The highest BCUT2D eigenvalue weighted by molar-refractivity contribution is 4.94. The topological polar surface area (TPSA) is 269 Å². The van der Waals surface area contributed by atoms with Crippen molar-refractivity contribution in [2.24, 2.45) is 0 Å². The van der Waals surface area contributed by atoms with E-state index < -0.39 is 112 Å². The molecule has 3 saturated heterocycles. The van der Waals surface area contributed by atoms with Crippen molar-refractivity contribution in [2.75, 3.05) is 19.8 Å². The third-order valence-electron chi connectivity index (χ3n) is 6.07. The zero-order valence-corrected chi connectivity index (χ0v) is 17.7. The summed E-state index contributed by atoms with van der Waals surface area (Å²) in [5.41, 5.74) is 0. The Labute approximate surface area is 192 Å². The van der Waals surface area contributed by atoms with Crippen molar-refractivity contribution in [3.05, 3.63) is 0 Å². The first-order valence-electron chi connectivity index (χ1n) is 10.6. The lowest BCUT2D eigenvalue weighted by Crippen LogP contribution is -2.65. The van der Waals surface area contributed by atoms with Gasteiger partial charge in [0.2, 0.25) is 0 Å². The summed E-state index contributed by atoms with van der Waals surface area (Å²) in [5, 5.41) is 109. The highest BCUT2D eigenvalue weighted by Crippen LogP contribution is 2.29. The maximum atomic E-state index is 10.3. The number of aliphatic hydroxyl groups excluding tert-OH is 11. The van der Waals surface area contributed by atoms with Crippen LogP contribution in [0.2, 0.25) is 0 Å². The molecule has 11 N–H and O–H groups in total. The first-order chi connectivity index (χ1) is 16.0. The lowest BCUT2D eigenvalue weighted by atomic mass is 9.97. The molecule has 3 rings (SSSR count). The molecule has 0 bridgehead atoms. The molecule has 0 radical (unpaired) electrons. The summed E-state index contributed by atoms with van der Waals surface area (Å²) in [6.45, 7) is -2.07. The maximum Gasteiger partial charge on any atom is 0.187 e. The van der Waals surface area contributed by atoms with E-state index in [2.05, 4.69) is 0 Å². The van der Waals surface area contributed by atoms with Crippen molar-refractivity contribution in [1.29, 1.82) is 0 Å². The highest BCUT2D eigenvalue weighted by atomic mass is 16.7. The quantitative estimate of drug-likeness (QED) is 0.154. The second-order valence-electron chi connectivity index (χ2n) is 8.37. The molecule has 0 spiro atoms. The normalized spacial score (nSPS) is 52.5. The summed E-state index contributed by atoms with van der Waals surface area (Å²) in [6, 6.07) is 0. The predicted octanol–water partition coefficient (Wildman–Crippen LogP) is -7.57. The van der Waals surface area contributed by atoms with Crippen molar-refractivity contribution in [3.63, 3.8) is 0 Å². The Morgan fingerprint density at radius 1 is 0.500 bits per heavy atom. The van der Waals surface area contributed by atoms with Crippen LogP contribution in [0.4, 0.5) is 0 Å². The van der Waals surface area contributed by atoms with Gasteiger partial charge < -0.3 is 79.9 Å². The van der Waals surface area contributed by atoms with Crippen molar-refractivity contribution in [1.82, 2.24) is 0 Å². The van der Waals surface area contributed by atoms with Crippen LogP contribution >= 0.6 is 0 Å². The Bertz CT molecular complexity index is 637. The van der Waals surface area contributed by atoms with Gasteiger partial charge in [0, 0.05) is 0 Å². The van der Waals surface area contributed by atoms with E-state index >= 15 is 0 Å². The van der Waals surface area contributed by atoms with E-state index in [0.29, 0.717) is 0 Å². The Morgan fingerprint density at radius 2 is 1.03 bits per heavy atom. The van der Waals surface area contributed by atoms with Gasteiger partial charge >= 0.3 is 0 Å². The van der Waals surface area contributed by atoms with Gasteiger partial charge in [-0.2, -0.15) is 0 Å². The van der Waals surface area contributed by atoms with E-state index in [0.717, 1.165) is 0 Å². The Kier molecular flexibility index (Phi) is 9.54. The molecular weight excluding hydrogens is 472 g/mol. The molecule has 3 fully saturated rings. The van der Waals surface area contributed by atoms with E-state index in [1.807, 2.05) is 0 Å². The van der Waals surface area contributed by atoms with Gasteiger partial charge in [0.05, 0.1) is 19.8 Å². The lowest BCUT2D eigenvalue weighted by molar-refractivity contribution is -0.362. The third-order valence-corrected chi connectivity index (χ3v) is 6.07. The number of hydrogen-bond acceptors (Lipinski definition) is 16. The highest BCUT2D eigenvalue weighted by Gasteiger charge is 2.51. The minimum absolute atomic E-state index is 0.609. The Hall–Kier alpha value is -0.640. The Morgan fingerprint density at radius 3 is 1.62 bits per heavy atom. The Balaban J connectivity index is 1.66. The van der Waals surface area contributed by atoms with Crippen LogP contribution in [-0.2, 0) is 23.7 Å². The molecular formula is C18H32O16. The van der Waals surface area contributed by atoms with Crippen molar-refractivity contribution < 1.29 is 79.9 Å². The van der Waals surface area contributed by atoms with Crippen LogP contribution in [0, 0.1) is 0 Å². The molecule has 200 valence electrons. The summed E-state index contributed by atoms with van der Waals surface area (Å²) in [5.74, 6) is 0. The van der Waals surface area contributed by atoms with Gasteiger partial charge in [0.15, 0.2) is 18.9 Å². The average molecular weight is 504 g/mol. The number of rotatable bonds is 7. The van der Waals surface area contributed by atoms with Gasteiger partial charge in [0.1, 0.15) is 73.2 Å². The molecule has 1 unspecified atom stereocenters. The standard InChI is InChI=1S/C18H32O16/c19-1-4-7(21)9(23)13(27)17(32-4)30-3-6-8(22)10(24)14(28)18(33-6)34-15-5(2-20)31-16(29)12(26)11(15)25/h4-29H,1-3H2/t4-,5-,6-,7+,8-,9+,10+,11-,12+,13-,14+,15-,16?,17+,18+/m1/s1. The van der Waals surface area contributed by atoms with Crippen molar-refractivity contribution in [3.8, 4) is 0 Å². The number of ether oxygens (including phenoxy) is 5. The second-order valence-corrected chi connectivity index (χ2v) is 8.37. The molecule has 3 heterocycles. The fraction of sp³-hybridized carbons (Fsp3) is 1.00. The SMILES string of the molecule is OC[C@H]1O[C@H](OC[C@H]2O[C@@H](O[C@H]3[C@H](O)[C@H](O)C(O)O[C@@H]3CO)[C@@H](O)[C@@H](O)[C@@H]2O)[C@H](O)[C@@H](O)[C@H]1O. The van der Waals surface area contributed by atoms with Gasteiger partial charge in [-0.15, -0.1) is 0 Å². The summed E-state index contributed by atoms with van der Waals surface area (Å²) >= 11 is 0. The van der Waals surface area contributed by atoms with Crippen molar-refractivity contribution >= 4 is 0 Å². The largest absolute Gasteiger partial charge is 0.394 e. The van der Waals surface area contributed by atoms with Gasteiger partial charge in [-0.1, -0.05) is 0 Å². The molecule has 16 nitrogen and oxygen atoms in total. The molecule has 0 amide bonds. The maximum absolute atomic E-state index is 10.3.